The minimum absolute atomic E-state index is 0.156. The van der Waals surface area contributed by atoms with Gasteiger partial charge in [0.05, 0.1) is 19.8 Å². The highest BCUT2D eigenvalue weighted by Gasteiger charge is 2.24. The van der Waals surface area contributed by atoms with Crippen LogP contribution in [0.4, 0.5) is 0 Å². The molecule has 0 aliphatic carbocycles. The lowest BCUT2D eigenvalue weighted by Gasteiger charge is -2.24. The maximum atomic E-state index is 10.1. The van der Waals surface area contributed by atoms with Crippen molar-refractivity contribution < 1.29 is 25.2 Å². The van der Waals surface area contributed by atoms with Crippen LogP contribution in [0.15, 0.2) is 0 Å². The van der Waals surface area contributed by atoms with Gasteiger partial charge in [0.25, 0.3) is 0 Å². The zero-order valence-electron chi connectivity index (χ0n) is 13.0. The fourth-order valence-corrected chi connectivity index (χ4v) is 1.54. The highest BCUT2D eigenvalue weighted by molar-refractivity contribution is 5.66. The normalized spacial score (nSPS) is 10.8. The Kier molecular flexibility index (Phi) is 16.0. The Labute approximate surface area is 122 Å². The Morgan fingerprint density at radius 1 is 0.850 bits per heavy atom. The molecule has 0 bridgehead atoms. The van der Waals surface area contributed by atoms with Gasteiger partial charge < -0.3 is 20.4 Å². The number of hydrogen-bond donors (Lipinski definition) is 4. The van der Waals surface area contributed by atoms with Gasteiger partial charge in [0.15, 0.2) is 0 Å². The summed E-state index contributed by atoms with van der Waals surface area (Å²) >= 11 is 0. The molecule has 0 aromatic heterocycles. The van der Waals surface area contributed by atoms with E-state index in [4.69, 9.17) is 20.4 Å². The number of unbranched alkanes of at least 4 members (excludes halogenated alkanes) is 5. The number of rotatable bonds is 11. The summed E-state index contributed by atoms with van der Waals surface area (Å²) in [4.78, 5) is 10.1. The second-order valence-corrected chi connectivity index (χ2v) is 5.24. The molecule has 0 fully saturated rings. The molecule has 0 aliphatic rings. The molecule has 0 amide bonds. The molecule has 4 N–H and O–H groups in total. The Hall–Kier alpha value is -0.650. The molecule has 0 aromatic carbocycles. The van der Waals surface area contributed by atoms with E-state index >= 15 is 0 Å². The third-order valence-electron chi connectivity index (χ3n) is 3.50. The van der Waals surface area contributed by atoms with Gasteiger partial charge in [-0.25, -0.2) is 0 Å². The number of carbonyl (C=O) groups is 1. The van der Waals surface area contributed by atoms with Crippen molar-refractivity contribution in [1.82, 2.24) is 0 Å². The predicted octanol–water partition coefficient (Wildman–Crippen LogP) is 2.18. The van der Waals surface area contributed by atoms with E-state index in [0.29, 0.717) is 12.8 Å². The number of aliphatic hydroxyl groups is 3. The van der Waals surface area contributed by atoms with Crippen molar-refractivity contribution >= 4 is 5.97 Å². The van der Waals surface area contributed by atoms with Crippen LogP contribution in [0.5, 0.6) is 0 Å². The summed E-state index contributed by atoms with van der Waals surface area (Å²) < 4.78 is 0. The van der Waals surface area contributed by atoms with E-state index in [2.05, 4.69) is 6.92 Å². The van der Waals surface area contributed by atoms with Crippen molar-refractivity contribution in [3.05, 3.63) is 0 Å². The number of aliphatic hydroxyl groups excluding tert-OH is 3. The maximum Gasteiger partial charge on any atom is 0.303 e. The summed E-state index contributed by atoms with van der Waals surface area (Å²) in [5.41, 5.74) is -0.667. The smallest absolute Gasteiger partial charge is 0.303 e. The Balaban J connectivity index is 0. The van der Waals surface area contributed by atoms with Crippen LogP contribution in [-0.4, -0.2) is 46.2 Å². The number of hydrogen-bond acceptors (Lipinski definition) is 4. The van der Waals surface area contributed by atoms with E-state index in [-0.39, 0.29) is 19.8 Å². The van der Waals surface area contributed by atoms with Crippen molar-refractivity contribution in [2.45, 2.75) is 65.2 Å². The van der Waals surface area contributed by atoms with Gasteiger partial charge in [-0.3, -0.25) is 4.79 Å². The van der Waals surface area contributed by atoms with Gasteiger partial charge in [-0.1, -0.05) is 46.0 Å². The molecule has 0 unspecified atom stereocenters. The first kappa shape index (κ1) is 21.6. The number of carboxylic acid groups (broad SMARTS) is 1. The van der Waals surface area contributed by atoms with Gasteiger partial charge in [-0.2, -0.15) is 0 Å². The largest absolute Gasteiger partial charge is 0.481 e. The van der Waals surface area contributed by atoms with Crippen LogP contribution in [0.3, 0.4) is 0 Å². The van der Waals surface area contributed by atoms with Crippen LogP contribution in [0.2, 0.25) is 0 Å². The van der Waals surface area contributed by atoms with Crippen molar-refractivity contribution in [3.63, 3.8) is 0 Å². The summed E-state index contributed by atoms with van der Waals surface area (Å²) in [6.07, 6.45) is 7.84. The van der Waals surface area contributed by atoms with Crippen LogP contribution in [0.25, 0.3) is 0 Å². The van der Waals surface area contributed by atoms with Gasteiger partial charge >= 0.3 is 5.97 Å². The summed E-state index contributed by atoms with van der Waals surface area (Å²) in [7, 11) is 0. The van der Waals surface area contributed by atoms with E-state index in [9.17, 15) is 4.79 Å². The molecule has 0 radical (unpaired) electrons. The molecule has 0 saturated heterocycles. The lowest BCUT2D eigenvalue weighted by molar-refractivity contribution is -0.137. The van der Waals surface area contributed by atoms with Gasteiger partial charge in [0.2, 0.25) is 0 Å². The topological polar surface area (TPSA) is 98.0 Å². The molecular formula is C15H32O5. The van der Waals surface area contributed by atoms with E-state index in [1.54, 1.807) is 0 Å². The molecule has 122 valence electrons. The standard InChI is InChI=1S/C9H18O2.C6H14O3/c1-2-3-4-5-6-7-8-9(10)11;1-2-6(3-7,4-8)5-9/h2-8H2,1H3,(H,10,11);7-9H,2-5H2,1H3. The third-order valence-corrected chi connectivity index (χ3v) is 3.50. The predicted molar refractivity (Wildman–Crippen MR) is 79.6 cm³/mol. The van der Waals surface area contributed by atoms with Crippen molar-refractivity contribution in [2.24, 2.45) is 5.41 Å². The van der Waals surface area contributed by atoms with Crippen LogP contribution >= 0.6 is 0 Å². The Morgan fingerprint density at radius 3 is 1.60 bits per heavy atom. The molecule has 20 heavy (non-hydrogen) atoms. The molecule has 5 nitrogen and oxygen atoms in total. The monoisotopic (exact) mass is 292 g/mol. The van der Waals surface area contributed by atoms with E-state index in [0.717, 1.165) is 12.8 Å². The molecule has 0 rings (SSSR count). The zero-order chi connectivity index (χ0) is 15.9. The van der Waals surface area contributed by atoms with E-state index < -0.39 is 11.4 Å². The molecule has 0 aliphatic heterocycles. The first-order valence-electron chi connectivity index (χ1n) is 7.56. The summed E-state index contributed by atoms with van der Waals surface area (Å²) in [5.74, 6) is -0.666. The van der Waals surface area contributed by atoms with E-state index in [1.807, 2.05) is 6.92 Å². The Bertz CT molecular complexity index is 197. The molecule has 5 heteroatoms. The highest BCUT2D eigenvalue weighted by Crippen LogP contribution is 2.18. The second-order valence-electron chi connectivity index (χ2n) is 5.24. The second kappa shape index (κ2) is 14.8. The summed E-state index contributed by atoms with van der Waals surface area (Å²) in [6, 6.07) is 0. The molecule has 0 saturated carbocycles. The van der Waals surface area contributed by atoms with Crippen molar-refractivity contribution in [2.75, 3.05) is 19.8 Å². The summed E-state index contributed by atoms with van der Waals surface area (Å²) in [5, 5.41) is 34.3. The van der Waals surface area contributed by atoms with Crippen LogP contribution in [0, 0.1) is 5.41 Å². The van der Waals surface area contributed by atoms with Gasteiger partial charge in [-0.15, -0.1) is 0 Å². The first-order chi connectivity index (χ1) is 9.51. The van der Waals surface area contributed by atoms with Gasteiger partial charge in [0, 0.05) is 11.8 Å². The molecule has 0 aromatic rings. The average Bonchev–Trinajstić information content (AvgIpc) is 2.46. The third kappa shape index (κ3) is 12.4. The van der Waals surface area contributed by atoms with Crippen LogP contribution in [-0.2, 0) is 4.79 Å². The molecular weight excluding hydrogens is 260 g/mol. The van der Waals surface area contributed by atoms with Crippen molar-refractivity contribution in [1.29, 1.82) is 0 Å². The van der Waals surface area contributed by atoms with Crippen LogP contribution < -0.4 is 0 Å². The van der Waals surface area contributed by atoms with Crippen LogP contribution in [0.1, 0.15) is 65.2 Å². The van der Waals surface area contributed by atoms with Crippen molar-refractivity contribution in [3.8, 4) is 0 Å². The molecule has 0 spiro atoms. The highest BCUT2D eigenvalue weighted by atomic mass is 16.4. The first-order valence-corrected chi connectivity index (χ1v) is 7.56. The Morgan fingerprint density at radius 2 is 1.30 bits per heavy atom. The number of aliphatic carboxylic acids is 1. The number of carboxylic acids is 1. The summed E-state index contributed by atoms with van der Waals surface area (Å²) in [6.45, 7) is 3.53. The fourth-order valence-electron chi connectivity index (χ4n) is 1.54. The lowest BCUT2D eigenvalue weighted by atomic mass is 9.88. The van der Waals surface area contributed by atoms with Gasteiger partial charge in [0.1, 0.15) is 0 Å². The molecule has 0 heterocycles. The molecule has 0 atom stereocenters. The maximum absolute atomic E-state index is 10.1. The SMILES string of the molecule is CCC(CO)(CO)CO.CCCCCCCCC(=O)O. The fraction of sp³-hybridized carbons (Fsp3) is 0.933. The lowest BCUT2D eigenvalue weighted by Crippen LogP contribution is -2.32. The average molecular weight is 292 g/mol. The van der Waals surface area contributed by atoms with E-state index in [1.165, 1.54) is 25.7 Å². The van der Waals surface area contributed by atoms with Gasteiger partial charge in [-0.05, 0) is 12.8 Å². The minimum atomic E-state index is -0.667. The quantitative estimate of drug-likeness (QED) is 0.438. The zero-order valence-corrected chi connectivity index (χ0v) is 13.0. The minimum Gasteiger partial charge on any atom is -0.481 e.